The van der Waals surface area contributed by atoms with Crippen LogP contribution in [0.4, 0.5) is 0 Å². The highest BCUT2D eigenvalue weighted by Gasteiger charge is 2.57. The molecule has 0 aromatic heterocycles. The minimum atomic E-state index is -0.752. The van der Waals surface area contributed by atoms with Gasteiger partial charge in [0.15, 0.2) is 0 Å². The largest absolute Gasteiger partial charge is 0.460 e. The number of aliphatic hydroxyl groups is 2. The van der Waals surface area contributed by atoms with Gasteiger partial charge in [0.2, 0.25) is 0 Å². The second-order valence-electron chi connectivity index (χ2n) is 11.8. The molecule has 0 spiro atoms. The van der Waals surface area contributed by atoms with Crippen molar-refractivity contribution in [3.8, 4) is 0 Å². The highest BCUT2D eigenvalue weighted by molar-refractivity contribution is 5.87. The number of carbonyl (C=O) groups excluding carboxylic acids is 2. The SMILES string of the molecule is C=C(C)C(=O)OCC(O)CC1(C(C)(C)C2(CC(O)COC(=O)C(=C)C)CCCCC2)CCCCC1. The maximum absolute atomic E-state index is 11.9. The van der Waals surface area contributed by atoms with Crippen molar-refractivity contribution in [3.63, 3.8) is 0 Å². The maximum Gasteiger partial charge on any atom is 0.333 e. The number of esters is 2. The van der Waals surface area contributed by atoms with E-state index in [1.54, 1.807) is 13.8 Å². The van der Waals surface area contributed by atoms with Gasteiger partial charge in [-0.3, -0.25) is 0 Å². The van der Waals surface area contributed by atoms with Gasteiger partial charge in [-0.15, -0.1) is 0 Å². The molecule has 2 N–H and O–H groups in total. The average molecular weight is 493 g/mol. The van der Waals surface area contributed by atoms with E-state index in [2.05, 4.69) is 27.0 Å². The Morgan fingerprint density at radius 2 is 1.06 bits per heavy atom. The van der Waals surface area contributed by atoms with Gasteiger partial charge in [-0.2, -0.15) is 0 Å². The van der Waals surface area contributed by atoms with Crippen molar-refractivity contribution >= 4 is 11.9 Å². The standard InChI is InChI=1S/C29H48O6/c1-21(2)25(32)34-19-23(30)17-28(13-9-7-10-14-28)27(5,6)29(15-11-8-12-16-29)18-24(31)20-35-26(33)22(3)4/h23-24,30-31H,1,3,7-20H2,2,4-6H3. The van der Waals surface area contributed by atoms with Gasteiger partial charge in [0.1, 0.15) is 13.2 Å². The van der Waals surface area contributed by atoms with Crippen molar-refractivity contribution in [1.29, 1.82) is 0 Å². The number of hydrogen-bond donors (Lipinski definition) is 2. The van der Waals surface area contributed by atoms with Gasteiger partial charge in [0.05, 0.1) is 12.2 Å². The van der Waals surface area contributed by atoms with E-state index in [4.69, 9.17) is 9.47 Å². The first-order valence-corrected chi connectivity index (χ1v) is 13.4. The van der Waals surface area contributed by atoms with Crippen LogP contribution in [0.15, 0.2) is 24.3 Å². The molecule has 35 heavy (non-hydrogen) atoms. The van der Waals surface area contributed by atoms with Crippen LogP contribution in [0.5, 0.6) is 0 Å². The zero-order chi connectivity index (χ0) is 26.3. The van der Waals surface area contributed by atoms with E-state index < -0.39 is 24.1 Å². The Labute approximate surface area is 212 Å². The molecule has 2 fully saturated rings. The van der Waals surface area contributed by atoms with E-state index >= 15 is 0 Å². The molecule has 0 aliphatic heterocycles. The Hall–Kier alpha value is -1.66. The Balaban J connectivity index is 2.27. The molecule has 6 nitrogen and oxygen atoms in total. The summed E-state index contributed by atoms with van der Waals surface area (Å²) >= 11 is 0. The molecule has 200 valence electrons. The van der Waals surface area contributed by atoms with Gasteiger partial charge in [-0.25, -0.2) is 9.59 Å². The summed E-state index contributed by atoms with van der Waals surface area (Å²) in [7, 11) is 0. The smallest absolute Gasteiger partial charge is 0.333 e. The summed E-state index contributed by atoms with van der Waals surface area (Å²) in [5.41, 5.74) is 0.205. The molecule has 0 bridgehead atoms. The monoisotopic (exact) mass is 492 g/mol. The lowest BCUT2D eigenvalue weighted by Gasteiger charge is -2.61. The Morgan fingerprint density at radius 3 is 1.34 bits per heavy atom. The molecule has 0 aromatic carbocycles. The molecule has 2 rings (SSSR count). The second kappa shape index (κ2) is 12.5. The highest BCUT2D eigenvalue weighted by atomic mass is 16.5. The first-order chi connectivity index (χ1) is 16.4. The second-order valence-corrected chi connectivity index (χ2v) is 11.8. The lowest BCUT2D eigenvalue weighted by atomic mass is 9.43. The molecule has 2 saturated carbocycles. The summed E-state index contributed by atoms with van der Waals surface area (Å²) in [4.78, 5) is 23.8. The molecule has 0 aromatic rings. The average Bonchev–Trinajstić information content (AvgIpc) is 2.81. The highest BCUT2D eigenvalue weighted by Crippen LogP contribution is 2.65. The summed E-state index contributed by atoms with van der Waals surface area (Å²) in [6, 6.07) is 0. The number of ether oxygens (including phenoxy) is 2. The van der Waals surface area contributed by atoms with E-state index in [0.29, 0.717) is 24.0 Å². The van der Waals surface area contributed by atoms with Gasteiger partial charge in [0.25, 0.3) is 0 Å². The molecule has 2 unspecified atom stereocenters. The molecule has 0 heterocycles. The topological polar surface area (TPSA) is 93.1 Å². The molecular weight excluding hydrogens is 444 g/mol. The molecule has 2 aliphatic carbocycles. The van der Waals surface area contributed by atoms with Crippen molar-refractivity contribution < 1.29 is 29.3 Å². The van der Waals surface area contributed by atoms with Crippen LogP contribution in [-0.2, 0) is 19.1 Å². The molecule has 2 aliphatic rings. The summed E-state index contributed by atoms with van der Waals surface area (Å²) in [5.74, 6) is -0.950. The van der Waals surface area contributed by atoms with E-state index in [1.807, 2.05) is 0 Å². The Morgan fingerprint density at radius 1 is 0.743 bits per heavy atom. The summed E-state index contributed by atoms with van der Waals surface area (Å²) in [6.07, 6.45) is 10.5. The van der Waals surface area contributed by atoms with Crippen LogP contribution < -0.4 is 0 Å². The van der Waals surface area contributed by atoms with Crippen LogP contribution in [0, 0.1) is 16.2 Å². The van der Waals surface area contributed by atoms with Crippen LogP contribution in [-0.4, -0.2) is 47.6 Å². The number of rotatable bonds is 12. The van der Waals surface area contributed by atoms with Crippen LogP contribution in [0.2, 0.25) is 0 Å². The zero-order valence-corrected chi connectivity index (χ0v) is 22.5. The number of hydrogen-bond acceptors (Lipinski definition) is 6. The predicted octanol–water partition coefficient (Wildman–Crippen LogP) is 5.65. The first-order valence-electron chi connectivity index (χ1n) is 13.4. The van der Waals surface area contributed by atoms with E-state index in [1.165, 1.54) is 12.8 Å². The van der Waals surface area contributed by atoms with Gasteiger partial charge in [-0.1, -0.05) is 65.5 Å². The van der Waals surface area contributed by atoms with Crippen LogP contribution >= 0.6 is 0 Å². The van der Waals surface area contributed by atoms with E-state index in [9.17, 15) is 19.8 Å². The first kappa shape index (κ1) is 29.6. The fourth-order valence-electron chi connectivity index (χ4n) is 6.80. The van der Waals surface area contributed by atoms with Crippen molar-refractivity contribution in [2.24, 2.45) is 16.2 Å². The van der Waals surface area contributed by atoms with Crippen LogP contribution in [0.3, 0.4) is 0 Å². The Kier molecular flexibility index (Phi) is 10.6. The van der Waals surface area contributed by atoms with Crippen LogP contribution in [0.1, 0.15) is 105 Å². The van der Waals surface area contributed by atoms with Gasteiger partial charge < -0.3 is 19.7 Å². The maximum atomic E-state index is 11.9. The van der Waals surface area contributed by atoms with Crippen molar-refractivity contribution in [3.05, 3.63) is 24.3 Å². The third-order valence-corrected chi connectivity index (χ3v) is 9.04. The predicted molar refractivity (Wildman–Crippen MR) is 138 cm³/mol. The fraction of sp³-hybridized carbons (Fsp3) is 0.793. The number of aliphatic hydroxyl groups excluding tert-OH is 2. The normalized spacial score (nSPS) is 21.4. The zero-order valence-electron chi connectivity index (χ0n) is 22.5. The summed E-state index contributed by atoms with van der Waals surface area (Å²) < 4.78 is 10.6. The quantitative estimate of drug-likeness (QED) is 0.270. The fourth-order valence-corrected chi connectivity index (χ4v) is 6.80. The van der Waals surface area contributed by atoms with Gasteiger partial charge in [0, 0.05) is 11.1 Å². The van der Waals surface area contributed by atoms with Crippen molar-refractivity contribution in [1.82, 2.24) is 0 Å². The third kappa shape index (κ3) is 7.19. The molecule has 0 saturated heterocycles. The van der Waals surface area contributed by atoms with E-state index in [-0.39, 0.29) is 29.5 Å². The Bertz CT molecular complexity index is 693. The summed E-state index contributed by atoms with van der Waals surface area (Å²) in [6.45, 7) is 15.0. The minimum absolute atomic E-state index is 0.0317. The van der Waals surface area contributed by atoms with Crippen molar-refractivity contribution in [2.45, 2.75) is 117 Å². The van der Waals surface area contributed by atoms with Gasteiger partial charge >= 0.3 is 11.9 Å². The molecular formula is C29H48O6. The summed E-state index contributed by atoms with van der Waals surface area (Å²) in [5, 5.41) is 22.0. The van der Waals surface area contributed by atoms with Crippen molar-refractivity contribution in [2.75, 3.05) is 13.2 Å². The lowest BCUT2D eigenvalue weighted by molar-refractivity contribution is -0.156. The molecule has 2 atom stereocenters. The van der Waals surface area contributed by atoms with E-state index in [0.717, 1.165) is 51.4 Å². The third-order valence-electron chi connectivity index (χ3n) is 9.04. The van der Waals surface area contributed by atoms with Crippen LogP contribution in [0.25, 0.3) is 0 Å². The van der Waals surface area contributed by atoms with Gasteiger partial charge in [-0.05, 0) is 68.6 Å². The molecule has 0 radical (unpaired) electrons. The minimum Gasteiger partial charge on any atom is -0.460 e. The molecule has 0 amide bonds. The molecule has 6 heteroatoms. The lowest BCUT2D eigenvalue weighted by Crippen LogP contribution is -2.54. The number of carbonyl (C=O) groups is 2.